The highest BCUT2D eigenvalue weighted by molar-refractivity contribution is 6.32. The highest BCUT2D eigenvalue weighted by Crippen LogP contribution is 2.28. The molecule has 0 aliphatic rings. The summed E-state index contributed by atoms with van der Waals surface area (Å²) in [6.07, 6.45) is 0. The maximum absolute atomic E-state index is 11.8. The van der Waals surface area contributed by atoms with Crippen molar-refractivity contribution < 1.29 is 19.2 Å². The molecule has 126 valence electrons. The number of methoxy groups -OCH3 is 1. The molecule has 0 radical (unpaired) electrons. The van der Waals surface area contributed by atoms with Crippen LogP contribution in [0, 0.1) is 10.1 Å². The Morgan fingerprint density at radius 3 is 2.71 bits per heavy atom. The Morgan fingerprint density at radius 2 is 2.04 bits per heavy atom. The van der Waals surface area contributed by atoms with Gasteiger partial charge in [-0.1, -0.05) is 29.8 Å². The lowest BCUT2D eigenvalue weighted by molar-refractivity contribution is -0.384. The molecule has 0 aromatic heterocycles. The quantitative estimate of drug-likeness (QED) is 0.612. The van der Waals surface area contributed by atoms with Gasteiger partial charge in [0, 0.05) is 24.2 Å². The first kappa shape index (κ1) is 17.6. The third kappa shape index (κ3) is 4.60. The first-order valence-corrected chi connectivity index (χ1v) is 7.34. The number of carbonyl (C=O) groups is 1. The lowest BCUT2D eigenvalue weighted by Crippen LogP contribution is -2.28. The summed E-state index contributed by atoms with van der Waals surface area (Å²) in [5.41, 5.74) is 0.622. The first-order chi connectivity index (χ1) is 11.5. The van der Waals surface area contributed by atoms with E-state index in [2.05, 4.69) is 5.32 Å². The fraction of sp³-hybridized carbons (Fsp3) is 0.188. The van der Waals surface area contributed by atoms with Crippen molar-refractivity contribution in [3.05, 3.63) is 63.2 Å². The van der Waals surface area contributed by atoms with Gasteiger partial charge in [-0.2, -0.15) is 0 Å². The summed E-state index contributed by atoms with van der Waals surface area (Å²) >= 11 is 5.78. The third-order valence-electron chi connectivity index (χ3n) is 3.15. The van der Waals surface area contributed by atoms with Crippen LogP contribution in [0.25, 0.3) is 0 Å². The maximum atomic E-state index is 11.8. The number of amides is 1. The predicted octanol–water partition coefficient (Wildman–Crippen LogP) is 2.95. The first-order valence-electron chi connectivity index (χ1n) is 6.96. The molecule has 0 fully saturated rings. The van der Waals surface area contributed by atoms with Crippen LogP contribution >= 0.6 is 11.6 Å². The van der Waals surface area contributed by atoms with Crippen molar-refractivity contribution in [2.45, 2.75) is 6.54 Å². The van der Waals surface area contributed by atoms with Crippen LogP contribution in [0.15, 0.2) is 42.5 Å². The lowest BCUT2D eigenvalue weighted by Gasteiger charge is -2.10. The molecule has 0 aliphatic carbocycles. The van der Waals surface area contributed by atoms with E-state index in [1.54, 1.807) is 13.2 Å². The van der Waals surface area contributed by atoms with E-state index in [1.165, 1.54) is 18.2 Å². The van der Waals surface area contributed by atoms with Crippen LogP contribution in [0.3, 0.4) is 0 Å². The molecule has 0 aliphatic heterocycles. The third-order valence-corrected chi connectivity index (χ3v) is 3.46. The van der Waals surface area contributed by atoms with Crippen molar-refractivity contribution >= 4 is 23.2 Å². The van der Waals surface area contributed by atoms with Crippen molar-refractivity contribution in [3.63, 3.8) is 0 Å². The minimum Gasteiger partial charge on any atom is -0.496 e. The molecule has 0 saturated heterocycles. The molecule has 2 aromatic rings. The summed E-state index contributed by atoms with van der Waals surface area (Å²) < 4.78 is 10.5. The van der Waals surface area contributed by atoms with Crippen molar-refractivity contribution in [3.8, 4) is 11.5 Å². The molecule has 0 saturated carbocycles. The van der Waals surface area contributed by atoms with Crippen LogP contribution in [0.5, 0.6) is 11.5 Å². The molecule has 2 aromatic carbocycles. The van der Waals surface area contributed by atoms with Crippen molar-refractivity contribution in [2.24, 2.45) is 0 Å². The zero-order chi connectivity index (χ0) is 17.5. The molecule has 8 heteroatoms. The standard InChI is InChI=1S/C16H15ClN2O5/c1-23-15-5-3-2-4-11(15)9-18-16(20)10-24-12-6-7-14(19(21)22)13(17)8-12/h2-8H,9-10H2,1H3,(H,18,20). The second-order valence-electron chi connectivity index (χ2n) is 4.75. The number of rotatable bonds is 7. The van der Waals surface area contributed by atoms with Crippen LogP contribution in [0.4, 0.5) is 5.69 Å². The normalized spacial score (nSPS) is 10.1. The van der Waals surface area contributed by atoms with Crippen LogP contribution in [-0.2, 0) is 11.3 Å². The monoisotopic (exact) mass is 350 g/mol. The molecule has 24 heavy (non-hydrogen) atoms. The fourth-order valence-electron chi connectivity index (χ4n) is 1.97. The molecule has 2 rings (SSSR count). The summed E-state index contributed by atoms with van der Waals surface area (Å²) in [5, 5.41) is 13.3. The van der Waals surface area contributed by atoms with Crippen LogP contribution in [-0.4, -0.2) is 24.5 Å². The second-order valence-corrected chi connectivity index (χ2v) is 5.15. The van der Waals surface area contributed by atoms with Gasteiger partial charge in [0.15, 0.2) is 6.61 Å². The minimum atomic E-state index is -0.591. The molecule has 0 unspecified atom stereocenters. The topological polar surface area (TPSA) is 90.7 Å². The van der Waals surface area contributed by atoms with E-state index in [1.807, 2.05) is 18.2 Å². The Kier molecular flexibility index (Phi) is 5.97. The minimum absolute atomic E-state index is 0.0491. The van der Waals surface area contributed by atoms with Gasteiger partial charge in [0.2, 0.25) is 0 Å². The van der Waals surface area contributed by atoms with Crippen molar-refractivity contribution in [2.75, 3.05) is 13.7 Å². The van der Waals surface area contributed by atoms with Gasteiger partial charge in [-0.3, -0.25) is 14.9 Å². The van der Waals surface area contributed by atoms with Gasteiger partial charge in [0.1, 0.15) is 16.5 Å². The highest BCUT2D eigenvalue weighted by Gasteiger charge is 2.13. The molecular weight excluding hydrogens is 336 g/mol. The van der Waals surface area contributed by atoms with E-state index in [0.29, 0.717) is 12.3 Å². The van der Waals surface area contributed by atoms with E-state index in [4.69, 9.17) is 21.1 Å². The largest absolute Gasteiger partial charge is 0.496 e. The summed E-state index contributed by atoms with van der Waals surface area (Å²) in [7, 11) is 1.56. The molecule has 0 heterocycles. The Bertz CT molecular complexity index is 751. The SMILES string of the molecule is COc1ccccc1CNC(=O)COc1ccc([N+](=O)[O-])c(Cl)c1. The van der Waals surface area contributed by atoms with Crippen LogP contribution in [0.2, 0.25) is 5.02 Å². The number of hydrogen-bond donors (Lipinski definition) is 1. The van der Waals surface area contributed by atoms with Gasteiger partial charge in [-0.15, -0.1) is 0 Å². The molecule has 0 bridgehead atoms. The summed E-state index contributed by atoms with van der Waals surface area (Å²) in [6.45, 7) is 0.0660. The summed E-state index contributed by atoms with van der Waals surface area (Å²) in [4.78, 5) is 21.9. The summed E-state index contributed by atoms with van der Waals surface area (Å²) in [6, 6.07) is 11.2. The highest BCUT2D eigenvalue weighted by atomic mass is 35.5. The number of halogens is 1. The number of ether oxygens (including phenoxy) is 2. The van der Waals surface area contributed by atoms with Gasteiger partial charge >= 0.3 is 0 Å². The molecule has 0 atom stereocenters. The van der Waals surface area contributed by atoms with Gasteiger partial charge in [0.05, 0.1) is 12.0 Å². The number of benzene rings is 2. The number of nitrogens with zero attached hydrogens (tertiary/aromatic N) is 1. The van der Waals surface area contributed by atoms with E-state index >= 15 is 0 Å². The average molecular weight is 351 g/mol. The molecular formula is C16H15ClN2O5. The second kappa shape index (κ2) is 8.16. The maximum Gasteiger partial charge on any atom is 0.288 e. The number of hydrogen-bond acceptors (Lipinski definition) is 5. The predicted molar refractivity (Wildman–Crippen MR) is 88.4 cm³/mol. The summed E-state index contributed by atoms with van der Waals surface area (Å²) in [5.74, 6) is 0.620. The lowest BCUT2D eigenvalue weighted by atomic mass is 10.2. The molecule has 1 amide bonds. The van der Waals surface area contributed by atoms with Gasteiger partial charge < -0.3 is 14.8 Å². The molecule has 7 nitrogen and oxygen atoms in total. The Morgan fingerprint density at radius 1 is 1.29 bits per heavy atom. The Balaban J connectivity index is 1.87. The van der Waals surface area contributed by atoms with Crippen molar-refractivity contribution in [1.82, 2.24) is 5.32 Å². The molecule has 0 spiro atoms. The Labute approximate surface area is 143 Å². The van der Waals surface area contributed by atoms with E-state index in [0.717, 1.165) is 5.56 Å². The van der Waals surface area contributed by atoms with Crippen LogP contribution < -0.4 is 14.8 Å². The fourth-order valence-corrected chi connectivity index (χ4v) is 2.21. The number of nitro groups is 1. The smallest absolute Gasteiger partial charge is 0.288 e. The van der Waals surface area contributed by atoms with E-state index < -0.39 is 4.92 Å². The molecule has 1 N–H and O–H groups in total. The number of carbonyl (C=O) groups excluding carboxylic acids is 1. The average Bonchev–Trinajstić information content (AvgIpc) is 2.58. The van der Waals surface area contributed by atoms with Crippen LogP contribution in [0.1, 0.15) is 5.56 Å². The zero-order valence-corrected chi connectivity index (χ0v) is 13.6. The number of nitro benzene ring substituents is 1. The zero-order valence-electron chi connectivity index (χ0n) is 12.8. The van der Waals surface area contributed by atoms with E-state index in [-0.39, 0.29) is 29.0 Å². The number of nitrogens with one attached hydrogen (secondary N) is 1. The van der Waals surface area contributed by atoms with Crippen molar-refractivity contribution in [1.29, 1.82) is 0 Å². The van der Waals surface area contributed by atoms with Gasteiger partial charge in [-0.25, -0.2) is 0 Å². The van der Waals surface area contributed by atoms with Gasteiger partial charge in [-0.05, 0) is 12.1 Å². The number of para-hydroxylation sites is 1. The Hall–Kier alpha value is -2.80. The van der Waals surface area contributed by atoms with Gasteiger partial charge in [0.25, 0.3) is 11.6 Å². The van der Waals surface area contributed by atoms with E-state index in [9.17, 15) is 14.9 Å².